The van der Waals surface area contributed by atoms with Crippen LogP contribution in [0.4, 0.5) is 0 Å². The molecule has 0 rings (SSSR count). The zero-order valence-corrected chi connectivity index (χ0v) is 14.6. The molecule has 0 saturated carbocycles. The molecule has 128 valence electrons. The monoisotopic (exact) mass is 342 g/mol. The summed E-state index contributed by atoms with van der Waals surface area (Å²) >= 11 is 1.15. The van der Waals surface area contributed by atoms with E-state index in [0.717, 1.165) is 11.8 Å². The number of esters is 2. The average Bonchev–Trinajstić information content (AvgIpc) is 2.54. The van der Waals surface area contributed by atoms with Crippen molar-refractivity contribution in [1.82, 2.24) is 0 Å². The summed E-state index contributed by atoms with van der Waals surface area (Å²) in [5, 5.41) is 8.99. The van der Waals surface area contributed by atoms with Crippen molar-refractivity contribution in [2.45, 2.75) is 20.3 Å². The van der Waals surface area contributed by atoms with Crippen LogP contribution in [-0.2, 0) is 23.9 Å². The van der Waals surface area contributed by atoms with Crippen molar-refractivity contribution in [2.75, 3.05) is 20.0 Å². The van der Waals surface area contributed by atoms with Crippen LogP contribution in [0, 0.1) is 5.92 Å². The third kappa shape index (κ3) is 7.19. The fraction of sp³-hybridized carbons (Fsp3) is 0.438. The number of rotatable bonds is 9. The highest BCUT2D eigenvalue weighted by Crippen LogP contribution is 2.23. The molecule has 0 aromatic rings. The molecule has 7 heteroatoms. The third-order valence-electron chi connectivity index (χ3n) is 2.81. The number of hydrogen-bond acceptors (Lipinski definition) is 6. The van der Waals surface area contributed by atoms with Crippen LogP contribution in [0.5, 0.6) is 0 Å². The summed E-state index contributed by atoms with van der Waals surface area (Å²) in [5.41, 5.74) is 0.0571. The molecule has 0 fully saturated rings. The van der Waals surface area contributed by atoms with Gasteiger partial charge >= 0.3 is 17.9 Å². The van der Waals surface area contributed by atoms with E-state index in [1.54, 1.807) is 6.26 Å². The van der Waals surface area contributed by atoms with Gasteiger partial charge in [-0.3, -0.25) is 0 Å². The van der Waals surface area contributed by atoms with Gasteiger partial charge in [-0.2, -0.15) is 0 Å². The summed E-state index contributed by atoms with van der Waals surface area (Å²) in [7, 11) is 1.20. The average molecular weight is 342 g/mol. The third-order valence-corrected chi connectivity index (χ3v) is 3.55. The molecular weight excluding hydrogens is 320 g/mol. The number of methoxy groups -OCH3 is 1. The van der Waals surface area contributed by atoms with Crippen LogP contribution in [0.2, 0.25) is 0 Å². The molecule has 0 spiro atoms. The normalized spacial score (nSPS) is 13.2. The molecule has 1 unspecified atom stereocenters. The van der Waals surface area contributed by atoms with Crippen LogP contribution < -0.4 is 0 Å². The van der Waals surface area contributed by atoms with Gasteiger partial charge in [0.2, 0.25) is 0 Å². The fourth-order valence-corrected chi connectivity index (χ4v) is 2.01. The summed E-state index contributed by atoms with van der Waals surface area (Å²) in [6, 6.07) is 0. The first kappa shape index (κ1) is 21.0. The summed E-state index contributed by atoms with van der Waals surface area (Å²) in [6.45, 7) is 7.17. The van der Waals surface area contributed by atoms with Gasteiger partial charge in [0.1, 0.15) is 0 Å². The molecule has 0 heterocycles. The van der Waals surface area contributed by atoms with Crippen molar-refractivity contribution in [1.29, 1.82) is 0 Å². The van der Waals surface area contributed by atoms with Crippen LogP contribution in [0.1, 0.15) is 20.3 Å². The molecule has 0 aliphatic heterocycles. The Balaban J connectivity index is 5.65. The lowest BCUT2D eigenvalue weighted by molar-refractivity contribution is -0.138. The lowest BCUT2D eigenvalue weighted by Gasteiger charge is -2.13. The summed E-state index contributed by atoms with van der Waals surface area (Å²) in [4.78, 5) is 34.9. The molecular formula is C16H22O6S. The number of carbonyl (C=O) groups excluding carboxylic acids is 2. The zero-order chi connectivity index (χ0) is 18.0. The van der Waals surface area contributed by atoms with Crippen LogP contribution in [0.3, 0.4) is 0 Å². The van der Waals surface area contributed by atoms with Gasteiger partial charge in [-0.1, -0.05) is 25.7 Å². The lowest BCUT2D eigenvalue weighted by atomic mass is 9.97. The Labute approximate surface area is 140 Å². The van der Waals surface area contributed by atoms with E-state index in [0.29, 0.717) is 6.42 Å². The van der Waals surface area contributed by atoms with Crippen molar-refractivity contribution < 1.29 is 29.0 Å². The SMILES string of the molecule is C=C(C(=O)OC)C(C=C(C)C(=O)O)C=C(SC)C(=O)OCCC. The largest absolute Gasteiger partial charge is 0.478 e. The van der Waals surface area contributed by atoms with E-state index in [1.807, 2.05) is 6.92 Å². The Morgan fingerprint density at radius 2 is 1.87 bits per heavy atom. The Kier molecular flexibility index (Phi) is 9.73. The first-order valence-electron chi connectivity index (χ1n) is 6.90. The van der Waals surface area contributed by atoms with E-state index >= 15 is 0 Å². The Hall–Kier alpha value is -2.02. The van der Waals surface area contributed by atoms with E-state index in [2.05, 4.69) is 11.3 Å². The molecule has 1 atom stereocenters. The van der Waals surface area contributed by atoms with E-state index in [1.165, 1.54) is 26.2 Å². The van der Waals surface area contributed by atoms with Crippen molar-refractivity contribution in [3.8, 4) is 0 Å². The quantitative estimate of drug-likeness (QED) is 0.509. The number of thioether (sulfide) groups is 1. The van der Waals surface area contributed by atoms with E-state index < -0.39 is 23.8 Å². The van der Waals surface area contributed by atoms with Crippen LogP contribution in [-0.4, -0.2) is 43.0 Å². The molecule has 0 bridgehead atoms. The van der Waals surface area contributed by atoms with Gasteiger partial charge < -0.3 is 14.6 Å². The van der Waals surface area contributed by atoms with Gasteiger partial charge in [0.15, 0.2) is 0 Å². The standard InChI is InChI=1S/C16H22O6S/c1-6-7-22-16(20)13(23-5)9-12(8-10(2)14(17)18)11(3)15(19)21-4/h8-9,12H,3,6-7H2,1-2,4-5H3,(H,17,18). The van der Waals surface area contributed by atoms with Crippen molar-refractivity contribution in [3.63, 3.8) is 0 Å². The Morgan fingerprint density at radius 1 is 1.26 bits per heavy atom. The summed E-state index contributed by atoms with van der Waals surface area (Å²) < 4.78 is 9.66. The van der Waals surface area contributed by atoms with Crippen LogP contribution >= 0.6 is 11.8 Å². The maximum absolute atomic E-state index is 12.0. The number of carboxylic acids is 1. The second-order valence-corrected chi connectivity index (χ2v) is 5.42. The summed E-state index contributed by atoms with van der Waals surface area (Å²) in [6.07, 6.45) is 5.16. The molecule has 0 aromatic heterocycles. The minimum atomic E-state index is -1.12. The molecule has 1 N–H and O–H groups in total. The molecule has 0 saturated heterocycles. The van der Waals surface area contributed by atoms with Crippen molar-refractivity contribution >= 4 is 29.7 Å². The number of aliphatic carboxylic acids is 1. The van der Waals surface area contributed by atoms with E-state index in [9.17, 15) is 14.4 Å². The topological polar surface area (TPSA) is 89.9 Å². The molecule has 0 radical (unpaired) electrons. The van der Waals surface area contributed by atoms with Crippen LogP contribution in [0.25, 0.3) is 0 Å². The highest BCUT2D eigenvalue weighted by molar-refractivity contribution is 8.03. The molecule has 0 aliphatic rings. The first-order chi connectivity index (χ1) is 10.8. The number of ether oxygens (including phenoxy) is 2. The Bertz CT molecular complexity index is 533. The van der Waals surface area contributed by atoms with Gasteiger partial charge in [0.25, 0.3) is 0 Å². The van der Waals surface area contributed by atoms with Gasteiger partial charge in [-0.25, -0.2) is 14.4 Å². The minimum Gasteiger partial charge on any atom is -0.478 e. The second kappa shape index (κ2) is 10.7. The number of carbonyl (C=O) groups is 3. The lowest BCUT2D eigenvalue weighted by Crippen LogP contribution is -2.14. The number of hydrogen-bond donors (Lipinski definition) is 1. The highest BCUT2D eigenvalue weighted by atomic mass is 32.2. The van der Waals surface area contributed by atoms with E-state index in [4.69, 9.17) is 9.84 Å². The van der Waals surface area contributed by atoms with Crippen molar-refractivity contribution in [2.24, 2.45) is 5.92 Å². The van der Waals surface area contributed by atoms with Gasteiger partial charge in [-0.05, 0) is 19.6 Å². The number of carboxylic acid groups (broad SMARTS) is 1. The van der Waals surface area contributed by atoms with Gasteiger partial charge in [-0.15, -0.1) is 11.8 Å². The summed E-state index contributed by atoms with van der Waals surface area (Å²) in [5.74, 6) is -3.11. The fourth-order valence-electron chi connectivity index (χ4n) is 1.51. The van der Waals surface area contributed by atoms with Gasteiger partial charge in [0, 0.05) is 17.1 Å². The maximum Gasteiger partial charge on any atom is 0.344 e. The molecule has 23 heavy (non-hydrogen) atoms. The van der Waals surface area contributed by atoms with Crippen molar-refractivity contribution in [3.05, 3.63) is 34.8 Å². The Morgan fingerprint density at radius 3 is 2.30 bits per heavy atom. The number of allylic oxidation sites excluding steroid dienone is 2. The predicted molar refractivity (Wildman–Crippen MR) is 88.9 cm³/mol. The van der Waals surface area contributed by atoms with Crippen LogP contribution in [0.15, 0.2) is 34.8 Å². The zero-order valence-electron chi connectivity index (χ0n) is 13.8. The highest BCUT2D eigenvalue weighted by Gasteiger charge is 2.20. The molecule has 0 aromatic carbocycles. The van der Waals surface area contributed by atoms with E-state index in [-0.39, 0.29) is 22.7 Å². The maximum atomic E-state index is 12.0. The first-order valence-corrected chi connectivity index (χ1v) is 8.12. The molecule has 6 nitrogen and oxygen atoms in total. The molecule has 0 amide bonds. The minimum absolute atomic E-state index is 0.0266. The predicted octanol–water partition coefficient (Wildman–Crippen LogP) is 2.56. The smallest absolute Gasteiger partial charge is 0.344 e. The second-order valence-electron chi connectivity index (χ2n) is 4.57. The molecule has 0 aliphatic carbocycles. The van der Waals surface area contributed by atoms with Gasteiger partial charge in [0.05, 0.1) is 18.6 Å².